The molecular formula is C11H22. The van der Waals surface area contributed by atoms with Gasteiger partial charge in [-0.15, -0.1) is 0 Å². The van der Waals surface area contributed by atoms with Crippen molar-refractivity contribution < 1.29 is 0 Å². The molecule has 0 fully saturated rings. The zero-order valence-corrected chi connectivity index (χ0v) is 8.27. The van der Waals surface area contributed by atoms with E-state index in [4.69, 9.17) is 0 Å². The van der Waals surface area contributed by atoms with E-state index in [-0.39, 0.29) is 0 Å². The molecule has 0 heteroatoms. The second-order valence-corrected chi connectivity index (χ2v) is 3.17. The predicted molar refractivity (Wildman–Crippen MR) is 52.7 cm³/mol. The molecule has 0 aromatic heterocycles. The van der Waals surface area contributed by atoms with E-state index >= 15 is 0 Å². The number of hydrogen-bond donors (Lipinski definition) is 0. The Labute approximate surface area is 71.7 Å². The maximum absolute atomic E-state index is 2.40. The molecule has 11 heavy (non-hydrogen) atoms. The van der Waals surface area contributed by atoms with Gasteiger partial charge in [0.15, 0.2) is 0 Å². The van der Waals surface area contributed by atoms with Crippen molar-refractivity contribution in [1.29, 1.82) is 0 Å². The number of hydrogen-bond acceptors (Lipinski definition) is 0. The highest BCUT2D eigenvalue weighted by atomic mass is 14.1. The zero-order valence-electron chi connectivity index (χ0n) is 8.27. The Bertz CT molecular complexity index is 86.2. The Morgan fingerprint density at radius 3 is 1.91 bits per heavy atom. The zero-order chi connectivity index (χ0) is 8.53. The normalized spacial score (nSPS) is 11.6. The largest absolute Gasteiger partial charge is 0.0885 e. The second kappa shape index (κ2) is 7.84. The lowest BCUT2D eigenvalue weighted by Crippen LogP contribution is -1.94. The molecule has 0 rings (SSSR count). The van der Waals surface area contributed by atoms with Crippen molar-refractivity contribution in [2.45, 2.75) is 52.9 Å². The summed E-state index contributed by atoms with van der Waals surface area (Å²) in [7, 11) is 0. The first-order valence-electron chi connectivity index (χ1n) is 5.01. The van der Waals surface area contributed by atoms with Gasteiger partial charge in [0, 0.05) is 0 Å². The maximum Gasteiger partial charge on any atom is -0.0234 e. The van der Waals surface area contributed by atoms with E-state index in [2.05, 4.69) is 32.9 Å². The molecule has 0 unspecified atom stereocenters. The molecule has 0 aliphatic heterocycles. The minimum Gasteiger partial charge on any atom is -0.0885 e. The average molecular weight is 154 g/mol. The highest BCUT2D eigenvalue weighted by molar-refractivity contribution is 4.87. The van der Waals surface area contributed by atoms with E-state index in [1.807, 2.05) is 0 Å². The highest BCUT2D eigenvalue weighted by Crippen LogP contribution is 2.14. The fourth-order valence-electron chi connectivity index (χ4n) is 1.41. The lowest BCUT2D eigenvalue weighted by Gasteiger charge is -2.08. The van der Waals surface area contributed by atoms with Gasteiger partial charge in [0.25, 0.3) is 0 Å². The monoisotopic (exact) mass is 154 g/mol. The Balaban J connectivity index is 3.58. The molecule has 66 valence electrons. The van der Waals surface area contributed by atoms with Crippen LogP contribution in [0.2, 0.25) is 0 Å². The van der Waals surface area contributed by atoms with Crippen LogP contribution in [0.3, 0.4) is 0 Å². The highest BCUT2D eigenvalue weighted by Gasteiger charge is 1.99. The standard InChI is InChI=1S/C11H22/c1-4-7-10-11(8-5-2)9-6-3/h7,10-11H,4-6,8-9H2,1-3H3/b10-7-. The minimum atomic E-state index is 0.852. The molecule has 0 radical (unpaired) electrons. The van der Waals surface area contributed by atoms with E-state index in [0.717, 1.165) is 5.92 Å². The first kappa shape index (κ1) is 10.7. The van der Waals surface area contributed by atoms with Gasteiger partial charge in [0.2, 0.25) is 0 Å². The molecule has 0 saturated carbocycles. The van der Waals surface area contributed by atoms with Gasteiger partial charge in [-0.2, -0.15) is 0 Å². The quantitative estimate of drug-likeness (QED) is 0.504. The van der Waals surface area contributed by atoms with Gasteiger partial charge in [0.05, 0.1) is 0 Å². The smallest absolute Gasteiger partial charge is 0.0234 e. The van der Waals surface area contributed by atoms with Crippen molar-refractivity contribution in [2.75, 3.05) is 0 Å². The molecule has 0 aromatic rings. The van der Waals surface area contributed by atoms with Gasteiger partial charge >= 0.3 is 0 Å². The molecule has 0 spiro atoms. The maximum atomic E-state index is 2.40. The van der Waals surface area contributed by atoms with Crippen LogP contribution in [-0.4, -0.2) is 0 Å². The van der Waals surface area contributed by atoms with Crippen LogP contribution in [0.1, 0.15) is 52.9 Å². The SMILES string of the molecule is CC/C=C\C(CCC)CCC. The van der Waals surface area contributed by atoms with Crippen molar-refractivity contribution in [3.63, 3.8) is 0 Å². The summed E-state index contributed by atoms with van der Waals surface area (Å²) < 4.78 is 0. The minimum absolute atomic E-state index is 0.852. The number of rotatable bonds is 6. The Kier molecular flexibility index (Phi) is 7.66. The van der Waals surface area contributed by atoms with Crippen LogP contribution >= 0.6 is 0 Å². The van der Waals surface area contributed by atoms with Crippen molar-refractivity contribution in [2.24, 2.45) is 5.92 Å². The Morgan fingerprint density at radius 1 is 1.00 bits per heavy atom. The second-order valence-electron chi connectivity index (χ2n) is 3.17. The molecule has 0 aliphatic rings. The summed E-state index contributed by atoms with van der Waals surface area (Å²) in [6.45, 7) is 6.73. The molecule has 0 heterocycles. The molecular weight excluding hydrogens is 132 g/mol. The van der Waals surface area contributed by atoms with Gasteiger partial charge < -0.3 is 0 Å². The topological polar surface area (TPSA) is 0 Å². The fraction of sp³-hybridized carbons (Fsp3) is 0.818. The van der Waals surface area contributed by atoms with Crippen molar-refractivity contribution in [1.82, 2.24) is 0 Å². The van der Waals surface area contributed by atoms with Gasteiger partial charge in [-0.3, -0.25) is 0 Å². The summed E-state index contributed by atoms with van der Waals surface area (Å²) in [5, 5.41) is 0. The third-order valence-electron chi connectivity index (χ3n) is 1.96. The van der Waals surface area contributed by atoms with Crippen LogP contribution in [0.4, 0.5) is 0 Å². The summed E-state index contributed by atoms with van der Waals surface area (Å²) in [5.74, 6) is 0.852. The summed E-state index contributed by atoms with van der Waals surface area (Å²) in [6, 6.07) is 0. The Morgan fingerprint density at radius 2 is 1.55 bits per heavy atom. The summed E-state index contributed by atoms with van der Waals surface area (Å²) in [4.78, 5) is 0. The molecule has 0 aliphatic carbocycles. The first-order chi connectivity index (χ1) is 5.35. The van der Waals surface area contributed by atoms with E-state index in [0.29, 0.717) is 0 Å². The van der Waals surface area contributed by atoms with Crippen LogP contribution in [0.15, 0.2) is 12.2 Å². The molecule has 0 bridgehead atoms. The summed E-state index contributed by atoms with van der Waals surface area (Å²) in [6.07, 6.45) is 11.2. The third-order valence-corrected chi connectivity index (χ3v) is 1.96. The van der Waals surface area contributed by atoms with Crippen LogP contribution in [0.25, 0.3) is 0 Å². The van der Waals surface area contributed by atoms with Crippen molar-refractivity contribution in [3.05, 3.63) is 12.2 Å². The third kappa shape index (κ3) is 6.15. The lowest BCUT2D eigenvalue weighted by atomic mass is 9.98. The first-order valence-corrected chi connectivity index (χ1v) is 5.01. The van der Waals surface area contributed by atoms with Crippen LogP contribution in [0, 0.1) is 5.92 Å². The molecule has 0 amide bonds. The van der Waals surface area contributed by atoms with Gasteiger partial charge in [-0.05, 0) is 25.2 Å². The van der Waals surface area contributed by atoms with Crippen molar-refractivity contribution in [3.8, 4) is 0 Å². The van der Waals surface area contributed by atoms with Gasteiger partial charge in [0.1, 0.15) is 0 Å². The molecule has 0 aromatic carbocycles. The molecule has 0 atom stereocenters. The molecule has 0 N–H and O–H groups in total. The van der Waals surface area contributed by atoms with E-state index in [9.17, 15) is 0 Å². The predicted octanol–water partition coefficient (Wildman–Crippen LogP) is 4.17. The van der Waals surface area contributed by atoms with Crippen LogP contribution < -0.4 is 0 Å². The van der Waals surface area contributed by atoms with Crippen LogP contribution in [-0.2, 0) is 0 Å². The van der Waals surface area contributed by atoms with E-state index < -0.39 is 0 Å². The number of allylic oxidation sites excluding steroid dienone is 2. The average Bonchev–Trinajstić information content (AvgIpc) is 2.01. The molecule has 0 nitrogen and oxygen atoms in total. The van der Waals surface area contributed by atoms with Crippen LogP contribution in [0.5, 0.6) is 0 Å². The van der Waals surface area contributed by atoms with E-state index in [1.165, 1.54) is 32.1 Å². The van der Waals surface area contributed by atoms with Gasteiger partial charge in [-0.25, -0.2) is 0 Å². The summed E-state index contributed by atoms with van der Waals surface area (Å²) in [5.41, 5.74) is 0. The molecule has 0 saturated heterocycles. The van der Waals surface area contributed by atoms with E-state index in [1.54, 1.807) is 0 Å². The van der Waals surface area contributed by atoms with Crippen molar-refractivity contribution >= 4 is 0 Å². The fourth-order valence-corrected chi connectivity index (χ4v) is 1.41. The van der Waals surface area contributed by atoms with Gasteiger partial charge in [-0.1, -0.05) is 45.8 Å². The lowest BCUT2D eigenvalue weighted by molar-refractivity contribution is 0.528. The summed E-state index contributed by atoms with van der Waals surface area (Å²) >= 11 is 0. The Hall–Kier alpha value is -0.260.